The Morgan fingerprint density at radius 3 is 2.56 bits per heavy atom. The molecule has 4 nitrogen and oxygen atoms in total. The second-order valence-corrected chi connectivity index (χ2v) is 5.80. The minimum absolute atomic E-state index is 0.621. The molecular weight excluding hydrogens is 226 g/mol. The van der Waals surface area contributed by atoms with E-state index < -0.39 is 0 Å². The molecule has 0 amide bonds. The van der Waals surface area contributed by atoms with Gasteiger partial charge in [0, 0.05) is 19.1 Å². The van der Waals surface area contributed by atoms with Crippen molar-refractivity contribution in [3.05, 3.63) is 0 Å². The molecule has 1 N–H and O–H groups in total. The summed E-state index contributed by atoms with van der Waals surface area (Å²) in [6, 6.07) is 0.621. The average molecular weight is 257 g/mol. The van der Waals surface area contributed by atoms with Crippen LogP contribution in [0.2, 0.25) is 0 Å². The Morgan fingerprint density at radius 2 is 1.94 bits per heavy atom. The highest BCUT2D eigenvalue weighted by Gasteiger charge is 2.21. The quantitative estimate of drug-likeness (QED) is 0.654. The van der Waals surface area contributed by atoms with Crippen LogP contribution in [-0.2, 0) is 4.74 Å². The summed E-state index contributed by atoms with van der Waals surface area (Å²) in [7, 11) is 6.36. The molecule has 1 rings (SSSR count). The number of hydrogen-bond donors (Lipinski definition) is 1. The van der Waals surface area contributed by atoms with Crippen molar-refractivity contribution in [3.8, 4) is 0 Å². The Balaban J connectivity index is 1.98. The molecule has 1 heterocycles. The van der Waals surface area contributed by atoms with Crippen LogP contribution in [0.1, 0.15) is 19.8 Å². The zero-order chi connectivity index (χ0) is 13.4. The van der Waals surface area contributed by atoms with Crippen LogP contribution >= 0.6 is 0 Å². The molecular formula is C14H31N3O. The monoisotopic (exact) mass is 257 g/mol. The highest BCUT2D eigenvalue weighted by atomic mass is 16.5. The maximum absolute atomic E-state index is 5.59. The van der Waals surface area contributed by atoms with E-state index in [9.17, 15) is 0 Å². The second kappa shape index (κ2) is 8.86. The Morgan fingerprint density at radius 1 is 1.28 bits per heavy atom. The molecule has 0 aromatic rings. The van der Waals surface area contributed by atoms with Gasteiger partial charge in [-0.05, 0) is 59.9 Å². The summed E-state index contributed by atoms with van der Waals surface area (Å²) >= 11 is 0. The third kappa shape index (κ3) is 6.69. The Kier molecular flexibility index (Phi) is 7.82. The van der Waals surface area contributed by atoms with Crippen LogP contribution in [0.15, 0.2) is 0 Å². The third-order valence-electron chi connectivity index (χ3n) is 3.87. The molecule has 1 aliphatic heterocycles. The van der Waals surface area contributed by atoms with E-state index in [4.69, 9.17) is 4.74 Å². The van der Waals surface area contributed by atoms with Gasteiger partial charge in [-0.25, -0.2) is 0 Å². The summed E-state index contributed by atoms with van der Waals surface area (Å²) in [5.74, 6) is 0.836. The van der Waals surface area contributed by atoms with E-state index >= 15 is 0 Å². The highest BCUT2D eigenvalue weighted by molar-refractivity contribution is 4.78. The number of nitrogens with one attached hydrogen (secondary N) is 1. The summed E-state index contributed by atoms with van der Waals surface area (Å²) in [6.07, 6.45) is 2.65. The smallest absolute Gasteiger partial charge is 0.0593 e. The maximum atomic E-state index is 5.59. The number of nitrogens with zero attached hydrogens (tertiary/aromatic N) is 2. The lowest BCUT2D eigenvalue weighted by Crippen LogP contribution is -2.41. The van der Waals surface area contributed by atoms with Crippen molar-refractivity contribution in [2.75, 3.05) is 60.5 Å². The Bertz CT molecular complexity index is 203. The summed E-state index contributed by atoms with van der Waals surface area (Å²) in [5.41, 5.74) is 0. The van der Waals surface area contributed by atoms with Crippen LogP contribution in [-0.4, -0.2) is 76.4 Å². The van der Waals surface area contributed by atoms with Gasteiger partial charge in [0.1, 0.15) is 0 Å². The van der Waals surface area contributed by atoms with Crippen molar-refractivity contribution in [2.45, 2.75) is 25.8 Å². The van der Waals surface area contributed by atoms with Crippen LogP contribution in [0.3, 0.4) is 0 Å². The number of piperidine rings is 1. The van der Waals surface area contributed by atoms with Crippen LogP contribution in [0, 0.1) is 5.92 Å². The molecule has 1 fully saturated rings. The van der Waals surface area contributed by atoms with Gasteiger partial charge >= 0.3 is 0 Å². The van der Waals surface area contributed by atoms with Gasteiger partial charge in [0.25, 0.3) is 0 Å². The summed E-state index contributed by atoms with van der Waals surface area (Å²) in [6.45, 7) is 8.44. The number of ether oxygens (including phenoxy) is 1. The molecule has 1 atom stereocenters. The van der Waals surface area contributed by atoms with Gasteiger partial charge in [-0.1, -0.05) is 0 Å². The van der Waals surface area contributed by atoms with Gasteiger partial charge in [0.2, 0.25) is 0 Å². The zero-order valence-corrected chi connectivity index (χ0v) is 12.6. The first-order valence-corrected chi connectivity index (χ1v) is 7.24. The normalized spacial score (nSPS) is 20.5. The number of rotatable bonds is 8. The zero-order valence-electron chi connectivity index (χ0n) is 12.6. The largest absolute Gasteiger partial charge is 0.379 e. The first-order valence-electron chi connectivity index (χ1n) is 7.24. The molecule has 0 spiro atoms. The third-order valence-corrected chi connectivity index (χ3v) is 3.87. The molecule has 0 aromatic heterocycles. The number of likely N-dealkylation sites (N-methyl/N-ethyl adjacent to an activating group) is 1. The predicted molar refractivity (Wildman–Crippen MR) is 77.1 cm³/mol. The van der Waals surface area contributed by atoms with E-state index in [2.05, 4.69) is 43.2 Å². The van der Waals surface area contributed by atoms with E-state index in [0.29, 0.717) is 6.04 Å². The van der Waals surface area contributed by atoms with Crippen molar-refractivity contribution >= 4 is 0 Å². The standard InChI is InChI=1S/C14H31N3O/c1-13(14-5-8-17(4)9-6-14)15-7-11-18-12-10-16(2)3/h13-15H,5-12H2,1-4H3. The van der Waals surface area contributed by atoms with Gasteiger partial charge in [0.05, 0.1) is 13.2 Å². The molecule has 0 saturated carbocycles. The molecule has 1 unspecified atom stereocenters. The summed E-state index contributed by atoms with van der Waals surface area (Å²) in [5, 5.41) is 3.60. The van der Waals surface area contributed by atoms with Gasteiger partial charge in [-0.3, -0.25) is 0 Å². The van der Waals surface area contributed by atoms with Gasteiger partial charge in [0.15, 0.2) is 0 Å². The number of hydrogen-bond acceptors (Lipinski definition) is 4. The molecule has 18 heavy (non-hydrogen) atoms. The SMILES string of the molecule is CC(NCCOCCN(C)C)C1CCN(C)CC1. The van der Waals surface area contributed by atoms with E-state index in [1.165, 1.54) is 25.9 Å². The molecule has 4 heteroatoms. The van der Waals surface area contributed by atoms with E-state index in [1.807, 2.05) is 0 Å². The molecule has 0 bridgehead atoms. The molecule has 1 saturated heterocycles. The van der Waals surface area contributed by atoms with Gasteiger partial charge < -0.3 is 19.9 Å². The predicted octanol–water partition coefficient (Wildman–Crippen LogP) is 0.885. The minimum Gasteiger partial charge on any atom is -0.379 e. The summed E-state index contributed by atoms with van der Waals surface area (Å²) < 4.78 is 5.59. The lowest BCUT2D eigenvalue weighted by molar-refractivity contribution is 0.113. The fraction of sp³-hybridized carbons (Fsp3) is 1.00. The Hall–Kier alpha value is -0.160. The van der Waals surface area contributed by atoms with Crippen molar-refractivity contribution in [3.63, 3.8) is 0 Å². The lowest BCUT2D eigenvalue weighted by atomic mass is 9.90. The molecule has 0 aromatic carbocycles. The first kappa shape index (κ1) is 15.9. The average Bonchev–Trinajstić information content (AvgIpc) is 2.34. The van der Waals surface area contributed by atoms with Crippen LogP contribution in [0.5, 0.6) is 0 Å². The van der Waals surface area contributed by atoms with Gasteiger partial charge in [-0.15, -0.1) is 0 Å². The Labute approximate surface area is 113 Å². The molecule has 108 valence electrons. The van der Waals surface area contributed by atoms with E-state index in [-0.39, 0.29) is 0 Å². The maximum Gasteiger partial charge on any atom is 0.0593 e. The fourth-order valence-corrected chi connectivity index (χ4v) is 2.40. The van der Waals surface area contributed by atoms with E-state index in [0.717, 1.165) is 32.2 Å². The van der Waals surface area contributed by atoms with Crippen molar-refractivity contribution < 1.29 is 4.74 Å². The minimum atomic E-state index is 0.621. The second-order valence-electron chi connectivity index (χ2n) is 5.80. The van der Waals surface area contributed by atoms with Crippen LogP contribution in [0.25, 0.3) is 0 Å². The first-order chi connectivity index (χ1) is 8.59. The van der Waals surface area contributed by atoms with E-state index in [1.54, 1.807) is 0 Å². The van der Waals surface area contributed by atoms with Crippen molar-refractivity contribution in [2.24, 2.45) is 5.92 Å². The van der Waals surface area contributed by atoms with Crippen LogP contribution in [0.4, 0.5) is 0 Å². The van der Waals surface area contributed by atoms with Crippen LogP contribution < -0.4 is 5.32 Å². The molecule has 1 aliphatic rings. The van der Waals surface area contributed by atoms with Crippen molar-refractivity contribution in [1.82, 2.24) is 15.1 Å². The van der Waals surface area contributed by atoms with Gasteiger partial charge in [-0.2, -0.15) is 0 Å². The molecule has 0 aliphatic carbocycles. The number of likely N-dealkylation sites (tertiary alicyclic amines) is 1. The lowest BCUT2D eigenvalue weighted by Gasteiger charge is -2.33. The fourth-order valence-electron chi connectivity index (χ4n) is 2.40. The van der Waals surface area contributed by atoms with Crippen molar-refractivity contribution in [1.29, 1.82) is 0 Å². The highest BCUT2D eigenvalue weighted by Crippen LogP contribution is 2.19. The summed E-state index contributed by atoms with van der Waals surface area (Å²) in [4.78, 5) is 4.57. The molecule has 0 radical (unpaired) electrons. The topological polar surface area (TPSA) is 27.7 Å².